The highest BCUT2D eigenvalue weighted by Crippen LogP contribution is 2.20. The zero-order chi connectivity index (χ0) is 12.3. The third-order valence-corrected chi connectivity index (χ3v) is 3.06. The van der Waals surface area contributed by atoms with Crippen molar-refractivity contribution in [2.24, 2.45) is 5.73 Å². The summed E-state index contributed by atoms with van der Waals surface area (Å²) in [6.45, 7) is 5.01. The number of rotatable bonds is 4. The van der Waals surface area contributed by atoms with E-state index < -0.39 is 0 Å². The Morgan fingerprint density at radius 2 is 2.12 bits per heavy atom. The first kappa shape index (κ1) is 11.9. The average Bonchev–Trinajstić information content (AvgIpc) is 2.63. The van der Waals surface area contributed by atoms with Crippen molar-refractivity contribution in [2.45, 2.75) is 26.7 Å². The van der Waals surface area contributed by atoms with E-state index >= 15 is 0 Å². The highest BCUT2D eigenvalue weighted by Gasteiger charge is 2.10. The molecule has 0 aliphatic rings. The molecule has 2 aromatic heterocycles. The maximum atomic E-state index is 5.56. The second kappa shape index (κ2) is 5.15. The van der Waals surface area contributed by atoms with E-state index in [1.165, 1.54) is 17.0 Å². The van der Waals surface area contributed by atoms with Gasteiger partial charge in [0.25, 0.3) is 0 Å². The summed E-state index contributed by atoms with van der Waals surface area (Å²) in [7, 11) is 0. The highest BCUT2D eigenvalue weighted by molar-refractivity contribution is 5.36. The standard InChI is InChI=1S/C14H19N3/c1-11-10-13(6-5-8-15)12(2)17(11)14-7-3-4-9-16-14/h3-4,7,9-10H,5-6,8,15H2,1-2H3. The second-order valence-corrected chi connectivity index (χ2v) is 4.31. The van der Waals surface area contributed by atoms with Gasteiger partial charge in [0.2, 0.25) is 0 Å². The molecule has 90 valence electrons. The molecule has 3 heteroatoms. The molecule has 3 nitrogen and oxygen atoms in total. The Balaban J connectivity index is 2.38. The number of aryl methyl sites for hydroxylation is 2. The lowest BCUT2D eigenvalue weighted by molar-refractivity contribution is 0.820. The summed E-state index contributed by atoms with van der Waals surface area (Å²) < 4.78 is 2.20. The second-order valence-electron chi connectivity index (χ2n) is 4.31. The maximum Gasteiger partial charge on any atom is 0.136 e. The zero-order valence-corrected chi connectivity index (χ0v) is 10.5. The molecule has 0 saturated carbocycles. The van der Waals surface area contributed by atoms with E-state index in [0.717, 1.165) is 25.2 Å². The number of hydrogen-bond donors (Lipinski definition) is 1. The molecule has 0 spiro atoms. The number of nitrogens with two attached hydrogens (primary N) is 1. The highest BCUT2D eigenvalue weighted by atomic mass is 15.1. The molecule has 0 fully saturated rings. The SMILES string of the molecule is Cc1cc(CCCN)c(C)n1-c1ccccn1. The molecule has 0 aromatic carbocycles. The number of aromatic nitrogens is 2. The molecule has 0 saturated heterocycles. The van der Waals surface area contributed by atoms with Gasteiger partial charge in [-0.15, -0.1) is 0 Å². The quantitative estimate of drug-likeness (QED) is 0.874. The van der Waals surface area contributed by atoms with Crippen LogP contribution in [0, 0.1) is 13.8 Å². The Hall–Kier alpha value is -1.61. The van der Waals surface area contributed by atoms with Gasteiger partial charge >= 0.3 is 0 Å². The smallest absolute Gasteiger partial charge is 0.136 e. The van der Waals surface area contributed by atoms with E-state index in [1.807, 2.05) is 24.4 Å². The molecule has 0 amide bonds. The molecule has 0 aliphatic heterocycles. The van der Waals surface area contributed by atoms with Crippen LogP contribution in [0.15, 0.2) is 30.5 Å². The van der Waals surface area contributed by atoms with Gasteiger partial charge in [0.15, 0.2) is 0 Å². The predicted octanol–water partition coefficient (Wildman–Crippen LogP) is 2.38. The van der Waals surface area contributed by atoms with E-state index in [2.05, 4.69) is 29.5 Å². The summed E-state index contributed by atoms with van der Waals surface area (Å²) in [5, 5.41) is 0. The molecule has 0 radical (unpaired) electrons. The summed E-state index contributed by atoms with van der Waals surface area (Å²) in [4.78, 5) is 4.40. The van der Waals surface area contributed by atoms with Crippen molar-refractivity contribution < 1.29 is 0 Å². The minimum atomic E-state index is 0.743. The summed E-state index contributed by atoms with van der Waals surface area (Å²) in [5.41, 5.74) is 9.44. The fourth-order valence-electron chi connectivity index (χ4n) is 2.21. The summed E-state index contributed by atoms with van der Waals surface area (Å²) >= 11 is 0. The fourth-order valence-corrected chi connectivity index (χ4v) is 2.21. The largest absolute Gasteiger partial charge is 0.330 e. The molecule has 0 atom stereocenters. The van der Waals surface area contributed by atoms with Gasteiger partial charge < -0.3 is 10.3 Å². The lowest BCUT2D eigenvalue weighted by atomic mass is 10.1. The molecule has 0 aliphatic carbocycles. The van der Waals surface area contributed by atoms with Crippen LogP contribution in [0.4, 0.5) is 0 Å². The van der Waals surface area contributed by atoms with Crippen LogP contribution in [-0.2, 0) is 6.42 Å². The van der Waals surface area contributed by atoms with Crippen LogP contribution in [0.25, 0.3) is 5.82 Å². The van der Waals surface area contributed by atoms with Crippen molar-refractivity contribution in [1.82, 2.24) is 9.55 Å². The van der Waals surface area contributed by atoms with Gasteiger partial charge in [0.1, 0.15) is 5.82 Å². The molecule has 2 N–H and O–H groups in total. The van der Waals surface area contributed by atoms with E-state index in [4.69, 9.17) is 5.73 Å². The number of pyridine rings is 1. The van der Waals surface area contributed by atoms with Crippen LogP contribution in [-0.4, -0.2) is 16.1 Å². The molecule has 2 rings (SSSR count). The Morgan fingerprint density at radius 1 is 1.29 bits per heavy atom. The minimum absolute atomic E-state index is 0.743. The monoisotopic (exact) mass is 229 g/mol. The maximum absolute atomic E-state index is 5.56. The number of hydrogen-bond acceptors (Lipinski definition) is 2. The van der Waals surface area contributed by atoms with Crippen LogP contribution in [0.3, 0.4) is 0 Å². The first-order valence-electron chi connectivity index (χ1n) is 6.03. The predicted molar refractivity (Wildman–Crippen MR) is 70.4 cm³/mol. The lowest BCUT2D eigenvalue weighted by Crippen LogP contribution is -2.03. The lowest BCUT2D eigenvalue weighted by Gasteiger charge is -2.08. The van der Waals surface area contributed by atoms with Gasteiger partial charge in [-0.05, 0) is 57.0 Å². The van der Waals surface area contributed by atoms with Crippen molar-refractivity contribution >= 4 is 0 Å². The average molecular weight is 229 g/mol. The molecular formula is C14H19N3. The van der Waals surface area contributed by atoms with Crippen molar-refractivity contribution in [3.63, 3.8) is 0 Å². The topological polar surface area (TPSA) is 43.8 Å². The van der Waals surface area contributed by atoms with Gasteiger partial charge in [-0.1, -0.05) is 6.07 Å². The summed E-state index contributed by atoms with van der Waals surface area (Å²) in [6.07, 6.45) is 3.91. The van der Waals surface area contributed by atoms with Gasteiger partial charge in [0.05, 0.1) is 0 Å². The molecular weight excluding hydrogens is 210 g/mol. The third-order valence-electron chi connectivity index (χ3n) is 3.06. The van der Waals surface area contributed by atoms with Gasteiger partial charge in [-0.25, -0.2) is 4.98 Å². The van der Waals surface area contributed by atoms with Gasteiger partial charge in [-0.2, -0.15) is 0 Å². The molecule has 2 heterocycles. The van der Waals surface area contributed by atoms with E-state index in [-0.39, 0.29) is 0 Å². The minimum Gasteiger partial charge on any atom is -0.330 e. The molecule has 0 unspecified atom stereocenters. The Morgan fingerprint density at radius 3 is 2.76 bits per heavy atom. The summed E-state index contributed by atoms with van der Waals surface area (Å²) in [5.74, 6) is 0.987. The fraction of sp³-hybridized carbons (Fsp3) is 0.357. The zero-order valence-electron chi connectivity index (χ0n) is 10.5. The Labute approximate surface area is 102 Å². The van der Waals surface area contributed by atoms with Crippen molar-refractivity contribution in [1.29, 1.82) is 0 Å². The van der Waals surface area contributed by atoms with Crippen molar-refractivity contribution in [2.75, 3.05) is 6.54 Å². The van der Waals surface area contributed by atoms with Crippen LogP contribution in [0.2, 0.25) is 0 Å². The Bertz CT molecular complexity index is 486. The van der Waals surface area contributed by atoms with Gasteiger partial charge in [-0.3, -0.25) is 0 Å². The van der Waals surface area contributed by atoms with E-state index in [0.29, 0.717) is 0 Å². The normalized spacial score (nSPS) is 10.8. The molecule has 17 heavy (non-hydrogen) atoms. The van der Waals surface area contributed by atoms with Crippen LogP contribution >= 0.6 is 0 Å². The molecule has 0 bridgehead atoms. The Kier molecular flexibility index (Phi) is 3.59. The van der Waals surface area contributed by atoms with E-state index in [1.54, 1.807) is 0 Å². The molecule has 2 aromatic rings. The van der Waals surface area contributed by atoms with Crippen molar-refractivity contribution in [3.05, 3.63) is 47.4 Å². The summed E-state index contributed by atoms with van der Waals surface area (Å²) in [6, 6.07) is 8.22. The van der Waals surface area contributed by atoms with Crippen molar-refractivity contribution in [3.8, 4) is 5.82 Å². The van der Waals surface area contributed by atoms with E-state index in [9.17, 15) is 0 Å². The first-order chi connectivity index (χ1) is 8.24. The van der Waals surface area contributed by atoms with Crippen LogP contribution in [0.1, 0.15) is 23.4 Å². The first-order valence-corrected chi connectivity index (χ1v) is 6.03. The van der Waals surface area contributed by atoms with Crippen LogP contribution < -0.4 is 5.73 Å². The third kappa shape index (κ3) is 2.39. The van der Waals surface area contributed by atoms with Crippen LogP contribution in [0.5, 0.6) is 0 Å². The number of nitrogens with zero attached hydrogens (tertiary/aromatic N) is 2. The van der Waals surface area contributed by atoms with Gasteiger partial charge in [0, 0.05) is 17.6 Å².